The molecule has 2 rings (SSSR count). The number of amides is 1. The number of hydrogen-bond donors (Lipinski definition) is 1. The highest BCUT2D eigenvalue weighted by molar-refractivity contribution is 5.91. The van der Waals surface area contributed by atoms with Crippen molar-refractivity contribution in [1.29, 1.82) is 0 Å². The number of nitrogens with zero attached hydrogens (tertiary/aromatic N) is 3. The molecule has 0 radical (unpaired) electrons. The van der Waals surface area contributed by atoms with Gasteiger partial charge in [0.2, 0.25) is 5.91 Å². The maximum absolute atomic E-state index is 11.3. The quantitative estimate of drug-likeness (QED) is 0.875. The molecule has 1 N–H and O–H groups in total. The second kappa shape index (κ2) is 4.78. The van der Waals surface area contributed by atoms with Gasteiger partial charge in [-0.25, -0.2) is 4.98 Å². The largest absolute Gasteiger partial charge is 0.326 e. The lowest BCUT2D eigenvalue weighted by molar-refractivity contribution is -0.115. The summed E-state index contributed by atoms with van der Waals surface area (Å²) in [7, 11) is 1.82. The predicted molar refractivity (Wildman–Crippen MR) is 65.4 cm³/mol. The molecule has 0 bridgehead atoms. The molecule has 5 heteroatoms. The van der Waals surface area contributed by atoms with E-state index in [4.69, 9.17) is 0 Å². The number of benzene rings is 1. The van der Waals surface area contributed by atoms with Gasteiger partial charge in [-0.15, -0.1) is 0 Å². The molecule has 88 valence electrons. The lowest BCUT2D eigenvalue weighted by atomic mass is 10.2. The Hall–Kier alpha value is -2.17. The van der Waals surface area contributed by atoms with Gasteiger partial charge in [0.15, 0.2) is 5.82 Å². The summed E-state index contributed by atoms with van der Waals surface area (Å²) < 4.78 is 1.65. The number of aryl methyl sites for hydroxylation is 1. The van der Waals surface area contributed by atoms with E-state index in [1.54, 1.807) is 11.0 Å². The van der Waals surface area contributed by atoms with Crippen molar-refractivity contribution in [3.8, 4) is 11.4 Å². The summed E-state index contributed by atoms with van der Waals surface area (Å²) in [6, 6.07) is 7.50. The minimum Gasteiger partial charge on any atom is -0.326 e. The molecule has 0 unspecified atom stereocenters. The molecule has 0 spiro atoms. The number of hydrogen-bond acceptors (Lipinski definition) is 3. The van der Waals surface area contributed by atoms with E-state index in [0.717, 1.165) is 11.3 Å². The summed E-state index contributed by atoms with van der Waals surface area (Å²) in [6.45, 7) is 1.82. The molecule has 1 heterocycles. The monoisotopic (exact) mass is 230 g/mol. The molecule has 17 heavy (non-hydrogen) atoms. The van der Waals surface area contributed by atoms with Crippen LogP contribution in [0.2, 0.25) is 0 Å². The number of aromatic nitrogens is 3. The van der Waals surface area contributed by atoms with Crippen LogP contribution in [-0.2, 0) is 11.8 Å². The van der Waals surface area contributed by atoms with Crippen molar-refractivity contribution in [2.24, 2.45) is 7.05 Å². The molecular formula is C12H14N4O. The fraction of sp³-hybridized carbons (Fsp3) is 0.250. The highest BCUT2D eigenvalue weighted by Gasteiger charge is 2.05. The number of rotatable bonds is 3. The molecule has 0 saturated carbocycles. The van der Waals surface area contributed by atoms with Gasteiger partial charge in [-0.05, 0) is 12.1 Å². The zero-order chi connectivity index (χ0) is 12.3. The Kier molecular flexibility index (Phi) is 3.18. The third-order valence-corrected chi connectivity index (χ3v) is 2.33. The average molecular weight is 230 g/mol. The zero-order valence-corrected chi connectivity index (χ0v) is 9.84. The fourth-order valence-electron chi connectivity index (χ4n) is 1.46. The van der Waals surface area contributed by atoms with Crippen LogP contribution in [0.25, 0.3) is 11.4 Å². The van der Waals surface area contributed by atoms with Crippen molar-refractivity contribution in [2.45, 2.75) is 13.3 Å². The van der Waals surface area contributed by atoms with Gasteiger partial charge in [0.05, 0.1) is 0 Å². The van der Waals surface area contributed by atoms with Crippen LogP contribution in [0, 0.1) is 0 Å². The van der Waals surface area contributed by atoms with Crippen LogP contribution in [0.4, 0.5) is 5.69 Å². The van der Waals surface area contributed by atoms with Crippen molar-refractivity contribution < 1.29 is 4.79 Å². The second-order valence-electron chi connectivity index (χ2n) is 3.72. The number of carbonyl (C=O) groups is 1. The van der Waals surface area contributed by atoms with E-state index in [1.165, 1.54) is 0 Å². The maximum Gasteiger partial charge on any atom is 0.224 e. The van der Waals surface area contributed by atoms with Crippen LogP contribution >= 0.6 is 0 Å². The van der Waals surface area contributed by atoms with E-state index in [9.17, 15) is 4.79 Å². The molecule has 0 aliphatic carbocycles. The van der Waals surface area contributed by atoms with Gasteiger partial charge in [-0.1, -0.05) is 19.1 Å². The van der Waals surface area contributed by atoms with E-state index < -0.39 is 0 Å². The summed E-state index contributed by atoms with van der Waals surface area (Å²) in [5, 5.41) is 7.02. The molecular weight excluding hydrogens is 216 g/mol. The summed E-state index contributed by atoms with van der Waals surface area (Å²) in [5.41, 5.74) is 1.65. The molecule has 2 aromatic rings. The van der Waals surface area contributed by atoms with E-state index in [1.807, 2.05) is 38.2 Å². The number of nitrogens with one attached hydrogen (secondary N) is 1. The minimum atomic E-state index is -0.00358. The summed E-state index contributed by atoms with van der Waals surface area (Å²) in [4.78, 5) is 15.5. The Bertz CT molecular complexity index is 533. The molecule has 0 fully saturated rings. The second-order valence-corrected chi connectivity index (χ2v) is 3.72. The summed E-state index contributed by atoms with van der Waals surface area (Å²) in [6.07, 6.45) is 2.11. The predicted octanol–water partition coefficient (Wildman–Crippen LogP) is 1.83. The van der Waals surface area contributed by atoms with Gasteiger partial charge >= 0.3 is 0 Å². The molecule has 0 saturated heterocycles. The van der Waals surface area contributed by atoms with Gasteiger partial charge in [-0.3, -0.25) is 9.48 Å². The van der Waals surface area contributed by atoms with Crippen molar-refractivity contribution in [1.82, 2.24) is 14.8 Å². The van der Waals surface area contributed by atoms with Crippen LogP contribution in [0.3, 0.4) is 0 Å². The maximum atomic E-state index is 11.3. The topological polar surface area (TPSA) is 59.8 Å². The van der Waals surface area contributed by atoms with Crippen LogP contribution in [0.15, 0.2) is 30.6 Å². The highest BCUT2D eigenvalue weighted by Crippen LogP contribution is 2.18. The van der Waals surface area contributed by atoms with Crippen LogP contribution < -0.4 is 5.32 Å². The Morgan fingerprint density at radius 1 is 1.47 bits per heavy atom. The third kappa shape index (κ3) is 2.69. The van der Waals surface area contributed by atoms with Crippen molar-refractivity contribution in [3.63, 3.8) is 0 Å². The molecule has 0 atom stereocenters. The first-order valence-corrected chi connectivity index (χ1v) is 5.45. The van der Waals surface area contributed by atoms with Crippen LogP contribution in [0.5, 0.6) is 0 Å². The third-order valence-electron chi connectivity index (χ3n) is 2.33. The molecule has 1 aromatic heterocycles. The van der Waals surface area contributed by atoms with Crippen LogP contribution in [-0.4, -0.2) is 20.7 Å². The SMILES string of the molecule is CCC(=O)Nc1cccc(-c2ncn(C)n2)c1. The van der Waals surface area contributed by atoms with Crippen molar-refractivity contribution in [3.05, 3.63) is 30.6 Å². The molecule has 5 nitrogen and oxygen atoms in total. The van der Waals surface area contributed by atoms with E-state index in [-0.39, 0.29) is 5.91 Å². The smallest absolute Gasteiger partial charge is 0.224 e. The first-order chi connectivity index (χ1) is 8.19. The van der Waals surface area contributed by atoms with E-state index in [0.29, 0.717) is 12.2 Å². The van der Waals surface area contributed by atoms with Gasteiger partial charge in [0.25, 0.3) is 0 Å². The Morgan fingerprint density at radius 2 is 2.29 bits per heavy atom. The van der Waals surface area contributed by atoms with E-state index in [2.05, 4.69) is 15.4 Å². The first-order valence-electron chi connectivity index (χ1n) is 5.45. The first kappa shape index (κ1) is 11.3. The molecule has 1 aromatic carbocycles. The zero-order valence-electron chi connectivity index (χ0n) is 9.84. The fourth-order valence-corrected chi connectivity index (χ4v) is 1.46. The normalized spacial score (nSPS) is 10.2. The Labute approximate surface area is 99.5 Å². The number of carbonyl (C=O) groups excluding carboxylic acids is 1. The van der Waals surface area contributed by atoms with E-state index >= 15 is 0 Å². The lowest BCUT2D eigenvalue weighted by Gasteiger charge is -2.04. The van der Waals surface area contributed by atoms with Gasteiger partial charge in [-0.2, -0.15) is 5.10 Å². The standard InChI is InChI=1S/C12H14N4O/c1-3-11(17)14-10-6-4-5-9(7-10)12-13-8-16(2)15-12/h4-8H,3H2,1-2H3,(H,14,17). The van der Waals surface area contributed by atoms with Gasteiger partial charge < -0.3 is 5.32 Å². The summed E-state index contributed by atoms with van der Waals surface area (Å²) in [5.74, 6) is 0.649. The van der Waals surface area contributed by atoms with Crippen molar-refractivity contribution in [2.75, 3.05) is 5.32 Å². The van der Waals surface area contributed by atoms with Crippen molar-refractivity contribution >= 4 is 11.6 Å². The minimum absolute atomic E-state index is 0.00358. The number of anilines is 1. The lowest BCUT2D eigenvalue weighted by Crippen LogP contribution is -2.09. The highest BCUT2D eigenvalue weighted by atomic mass is 16.1. The Morgan fingerprint density at radius 3 is 2.94 bits per heavy atom. The molecule has 0 aliphatic heterocycles. The summed E-state index contributed by atoms with van der Waals surface area (Å²) >= 11 is 0. The Balaban J connectivity index is 2.25. The van der Waals surface area contributed by atoms with Crippen LogP contribution in [0.1, 0.15) is 13.3 Å². The van der Waals surface area contributed by atoms with Gasteiger partial charge in [0, 0.05) is 24.7 Å². The average Bonchev–Trinajstić information content (AvgIpc) is 2.76. The van der Waals surface area contributed by atoms with Gasteiger partial charge in [0.1, 0.15) is 6.33 Å². The molecule has 0 aliphatic rings. The molecule has 1 amide bonds.